The van der Waals surface area contributed by atoms with Gasteiger partial charge in [-0.2, -0.15) is 8.75 Å². The van der Waals surface area contributed by atoms with Gasteiger partial charge in [0.05, 0.1) is 11.7 Å². The maximum Gasteiger partial charge on any atom is 0.187 e. The van der Waals surface area contributed by atoms with Crippen LogP contribution in [-0.4, -0.2) is 20.8 Å². The highest BCUT2D eigenvalue weighted by Gasteiger charge is 2.32. The lowest BCUT2D eigenvalue weighted by atomic mass is 10.2. The van der Waals surface area contributed by atoms with Crippen molar-refractivity contribution in [1.29, 1.82) is 0 Å². The molecule has 3 nitrogen and oxygen atoms in total. The summed E-state index contributed by atoms with van der Waals surface area (Å²) in [4.78, 5) is 2.33. The van der Waals surface area contributed by atoms with Crippen molar-refractivity contribution in [1.82, 2.24) is 8.75 Å². The zero-order chi connectivity index (χ0) is 10.1. The van der Waals surface area contributed by atoms with Gasteiger partial charge in [0.2, 0.25) is 0 Å². The third-order valence-corrected chi connectivity index (χ3v) is 3.81. The molecule has 0 saturated carbocycles. The van der Waals surface area contributed by atoms with Gasteiger partial charge >= 0.3 is 0 Å². The van der Waals surface area contributed by atoms with Crippen LogP contribution in [-0.2, 0) is 0 Å². The van der Waals surface area contributed by atoms with E-state index in [0.29, 0.717) is 17.2 Å². The van der Waals surface area contributed by atoms with Crippen LogP contribution in [0.2, 0.25) is 5.15 Å². The normalized spacial score (nSPS) is 27.2. The second-order valence-corrected chi connectivity index (χ2v) is 4.66. The van der Waals surface area contributed by atoms with E-state index in [1.807, 2.05) is 0 Å². The molecule has 1 aliphatic heterocycles. The van der Waals surface area contributed by atoms with E-state index in [4.69, 9.17) is 11.6 Å². The van der Waals surface area contributed by atoms with Crippen LogP contribution in [0.3, 0.4) is 0 Å². The summed E-state index contributed by atoms with van der Waals surface area (Å²) in [7, 11) is 0. The molecule has 1 saturated heterocycles. The van der Waals surface area contributed by atoms with Crippen LogP contribution in [0, 0.1) is 0 Å². The summed E-state index contributed by atoms with van der Waals surface area (Å²) in [5, 5.41) is 0.558. The van der Waals surface area contributed by atoms with Gasteiger partial charge in [-0.1, -0.05) is 18.5 Å². The van der Waals surface area contributed by atoms with Gasteiger partial charge in [0.25, 0.3) is 0 Å². The molecule has 2 rings (SSSR count). The minimum atomic E-state index is 0.543. The second kappa shape index (κ2) is 4.03. The first-order valence-corrected chi connectivity index (χ1v) is 6.11. The molecule has 1 aliphatic rings. The quantitative estimate of drug-likeness (QED) is 0.784. The van der Waals surface area contributed by atoms with Gasteiger partial charge in [-0.25, -0.2) is 0 Å². The Kier molecular flexibility index (Phi) is 2.93. The summed E-state index contributed by atoms with van der Waals surface area (Å²) >= 11 is 7.20. The Labute approximate surface area is 93.4 Å². The van der Waals surface area contributed by atoms with Crippen molar-refractivity contribution in [3.05, 3.63) is 5.15 Å². The van der Waals surface area contributed by atoms with Crippen molar-refractivity contribution in [2.45, 2.75) is 45.2 Å². The van der Waals surface area contributed by atoms with Crippen molar-refractivity contribution in [2.24, 2.45) is 0 Å². The van der Waals surface area contributed by atoms with Crippen LogP contribution >= 0.6 is 23.3 Å². The smallest absolute Gasteiger partial charge is 0.187 e. The van der Waals surface area contributed by atoms with E-state index in [0.717, 1.165) is 12.2 Å². The number of hydrogen-bond donors (Lipinski definition) is 0. The van der Waals surface area contributed by atoms with Crippen LogP contribution in [0.25, 0.3) is 0 Å². The molecule has 0 radical (unpaired) electrons. The molecule has 0 aliphatic carbocycles. The third kappa shape index (κ3) is 1.61. The van der Waals surface area contributed by atoms with E-state index in [9.17, 15) is 0 Å². The highest BCUT2D eigenvalue weighted by molar-refractivity contribution is 6.99. The Hall–Kier alpha value is -0.350. The van der Waals surface area contributed by atoms with Gasteiger partial charge in [0.15, 0.2) is 11.0 Å². The highest BCUT2D eigenvalue weighted by Crippen LogP contribution is 2.34. The molecule has 14 heavy (non-hydrogen) atoms. The fraction of sp³-hybridized carbons (Fsp3) is 0.778. The topological polar surface area (TPSA) is 29.0 Å². The fourth-order valence-electron chi connectivity index (χ4n) is 2.18. The van der Waals surface area contributed by atoms with Gasteiger partial charge < -0.3 is 4.90 Å². The van der Waals surface area contributed by atoms with E-state index in [1.54, 1.807) is 0 Å². The number of halogens is 1. The molecular weight excluding hydrogens is 218 g/mol. The summed E-state index contributed by atoms with van der Waals surface area (Å²) < 4.78 is 8.29. The monoisotopic (exact) mass is 231 g/mol. The van der Waals surface area contributed by atoms with E-state index < -0.39 is 0 Å². The van der Waals surface area contributed by atoms with Crippen molar-refractivity contribution in [3.8, 4) is 0 Å². The first-order valence-electron chi connectivity index (χ1n) is 5.00. The van der Waals surface area contributed by atoms with Crippen LogP contribution < -0.4 is 4.90 Å². The summed E-state index contributed by atoms with van der Waals surface area (Å²) in [5.74, 6) is 0.883. The van der Waals surface area contributed by atoms with Crippen molar-refractivity contribution < 1.29 is 0 Å². The molecule has 0 bridgehead atoms. The van der Waals surface area contributed by atoms with Gasteiger partial charge in [0.1, 0.15) is 0 Å². The van der Waals surface area contributed by atoms with Crippen LogP contribution in [0.5, 0.6) is 0 Å². The number of nitrogens with zero attached hydrogens (tertiary/aromatic N) is 3. The van der Waals surface area contributed by atoms with E-state index in [-0.39, 0.29) is 0 Å². The number of rotatable bonds is 2. The summed E-state index contributed by atoms with van der Waals surface area (Å²) in [6, 6.07) is 1.13. The van der Waals surface area contributed by atoms with Gasteiger partial charge in [-0.05, 0) is 26.2 Å². The molecule has 0 aromatic carbocycles. The third-order valence-electron chi connectivity index (χ3n) is 2.93. The second-order valence-electron chi connectivity index (χ2n) is 3.77. The Morgan fingerprint density at radius 2 is 2.29 bits per heavy atom. The van der Waals surface area contributed by atoms with E-state index in [1.165, 1.54) is 24.6 Å². The lowest BCUT2D eigenvalue weighted by Gasteiger charge is -2.27. The molecule has 0 spiro atoms. The zero-order valence-electron chi connectivity index (χ0n) is 8.40. The molecule has 2 unspecified atom stereocenters. The van der Waals surface area contributed by atoms with Crippen molar-refractivity contribution >= 4 is 29.1 Å². The lowest BCUT2D eigenvalue weighted by Crippen LogP contribution is -2.34. The van der Waals surface area contributed by atoms with Gasteiger partial charge in [-0.3, -0.25) is 0 Å². The maximum absolute atomic E-state index is 6.00. The standard InChI is InChI=1S/C9H14ClN3S/c1-3-7-5-4-6(2)13(7)9-8(10)11-14-12-9/h6-7H,3-5H2,1-2H3. The average molecular weight is 232 g/mol. The molecule has 5 heteroatoms. The summed E-state index contributed by atoms with van der Waals surface area (Å²) in [6.45, 7) is 4.44. The number of hydrogen-bond acceptors (Lipinski definition) is 4. The average Bonchev–Trinajstić information content (AvgIpc) is 2.72. The number of aromatic nitrogens is 2. The molecule has 1 aromatic heterocycles. The molecular formula is C9H14ClN3S. The molecule has 2 atom stereocenters. The van der Waals surface area contributed by atoms with Crippen molar-refractivity contribution in [2.75, 3.05) is 4.90 Å². The van der Waals surface area contributed by atoms with Crippen LogP contribution in [0.4, 0.5) is 5.82 Å². The predicted molar refractivity (Wildman–Crippen MR) is 60.2 cm³/mol. The number of anilines is 1. The van der Waals surface area contributed by atoms with Gasteiger partial charge in [0, 0.05) is 12.1 Å². The molecule has 1 aromatic rings. The molecule has 78 valence electrons. The summed E-state index contributed by atoms with van der Waals surface area (Å²) in [5.41, 5.74) is 0. The Balaban J connectivity index is 2.27. The highest BCUT2D eigenvalue weighted by atomic mass is 35.5. The first-order chi connectivity index (χ1) is 6.74. The first kappa shape index (κ1) is 10.2. The largest absolute Gasteiger partial charge is 0.347 e. The van der Waals surface area contributed by atoms with Gasteiger partial charge in [-0.15, -0.1) is 0 Å². The summed E-state index contributed by atoms with van der Waals surface area (Å²) in [6.07, 6.45) is 3.62. The van der Waals surface area contributed by atoms with Crippen LogP contribution in [0.1, 0.15) is 33.1 Å². The SMILES string of the molecule is CCC1CCC(C)N1c1nsnc1Cl. The van der Waals surface area contributed by atoms with Crippen LogP contribution in [0.15, 0.2) is 0 Å². The molecule has 2 heterocycles. The van der Waals surface area contributed by atoms with E-state index >= 15 is 0 Å². The lowest BCUT2D eigenvalue weighted by molar-refractivity contribution is 0.623. The minimum Gasteiger partial charge on any atom is -0.347 e. The Bertz CT molecular complexity index is 315. The maximum atomic E-state index is 6.00. The Morgan fingerprint density at radius 1 is 1.50 bits per heavy atom. The molecule has 0 amide bonds. The molecule has 1 fully saturated rings. The fourth-order valence-corrected chi connectivity index (χ4v) is 2.92. The molecule has 0 N–H and O–H groups in total. The van der Waals surface area contributed by atoms with E-state index in [2.05, 4.69) is 27.5 Å². The Morgan fingerprint density at radius 3 is 2.86 bits per heavy atom. The predicted octanol–water partition coefficient (Wildman–Crippen LogP) is 2.96. The van der Waals surface area contributed by atoms with Crippen molar-refractivity contribution in [3.63, 3.8) is 0 Å². The minimum absolute atomic E-state index is 0.543. The zero-order valence-corrected chi connectivity index (χ0v) is 9.98.